The Bertz CT molecular complexity index is 959. The first-order valence-electron chi connectivity index (χ1n) is 7.41. The number of benzene rings is 2. The van der Waals surface area contributed by atoms with E-state index in [0.717, 1.165) is 15.6 Å². The van der Waals surface area contributed by atoms with Gasteiger partial charge >= 0.3 is 11.8 Å². The summed E-state index contributed by atoms with van der Waals surface area (Å²) in [4.78, 5) is 23.7. The van der Waals surface area contributed by atoms with Gasteiger partial charge in [0, 0.05) is 10.0 Å². The van der Waals surface area contributed by atoms with Crippen LogP contribution in [0.4, 0.5) is 5.13 Å². The number of nitrogens with zero attached hydrogens (tertiary/aromatic N) is 3. The van der Waals surface area contributed by atoms with Crippen LogP contribution in [-0.2, 0) is 9.59 Å². The smallest absolute Gasteiger partial charge is 0.292 e. The molecule has 3 aromatic rings. The predicted molar refractivity (Wildman–Crippen MR) is 104 cm³/mol. The molecule has 2 N–H and O–H groups in total. The van der Waals surface area contributed by atoms with Crippen molar-refractivity contribution in [2.24, 2.45) is 5.10 Å². The molecule has 0 aliphatic carbocycles. The zero-order valence-electron chi connectivity index (χ0n) is 13.2. The molecule has 0 aliphatic rings. The summed E-state index contributed by atoms with van der Waals surface area (Å²) in [5, 5.41) is 14.9. The lowest BCUT2D eigenvalue weighted by Crippen LogP contribution is -2.32. The summed E-state index contributed by atoms with van der Waals surface area (Å²) in [7, 11) is 0. The normalized spacial score (nSPS) is 10.7. The molecule has 0 radical (unpaired) electrons. The molecular weight excluding hydrogens is 418 g/mol. The Kier molecular flexibility index (Phi) is 5.82. The maximum Gasteiger partial charge on any atom is 0.329 e. The molecule has 0 atom stereocenters. The predicted octanol–water partition coefficient (Wildman–Crippen LogP) is 3.06. The van der Waals surface area contributed by atoms with Crippen LogP contribution in [0.1, 0.15) is 5.56 Å². The van der Waals surface area contributed by atoms with Gasteiger partial charge in [-0.15, -0.1) is 10.2 Å². The highest BCUT2D eigenvalue weighted by molar-refractivity contribution is 9.10. The number of rotatable bonds is 4. The van der Waals surface area contributed by atoms with Gasteiger partial charge in [-0.1, -0.05) is 69.7 Å². The summed E-state index contributed by atoms with van der Waals surface area (Å²) < 4.78 is 0.885. The quantitative estimate of drug-likeness (QED) is 0.378. The molecule has 1 aromatic heterocycles. The first kappa shape index (κ1) is 17.9. The van der Waals surface area contributed by atoms with E-state index in [1.807, 2.05) is 54.6 Å². The highest BCUT2D eigenvalue weighted by Gasteiger charge is 2.16. The SMILES string of the molecule is O=C(NN=Cc1cccc(Br)c1)C(=O)Nc1nnc(-c2ccccc2)s1. The summed E-state index contributed by atoms with van der Waals surface area (Å²) in [5.74, 6) is -1.76. The van der Waals surface area contributed by atoms with E-state index in [9.17, 15) is 9.59 Å². The van der Waals surface area contributed by atoms with Crippen molar-refractivity contribution in [3.63, 3.8) is 0 Å². The van der Waals surface area contributed by atoms with E-state index in [1.165, 1.54) is 17.6 Å². The molecule has 3 rings (SSSR count). The molecule has 0 saturated heterocycles. The molecule has 130 valence electrons. The largest absolute Gasteiger partial charge is 0.329 e. The molecule has 7 nitrogen and oxygen atoms in total. The van der Waals surface area contributed by atoms with Crippen LogP contribution in [0.25, 0.3) is 10.6 Å². The topological polar surface area (TPSA) is 96.3 Å². The van der Waals surface area contributed by atoms with Crippen molar-refractivity contribution in [3.8, 4) is 10.6 Å². The zero-order valence-corrected chi connectivity index (χ0v) is 15.6. The van der Waals surface area contributed by atoms with Crippen molar-refractivity contribution in [2.75, 3.05) is 5.32 Å². The Hall–Kier alpha value is -2.91. The third-order valence-corrected chi connectivity index (χ3v) is 4.48. The molecule has 0 bridgehead atoms. The second-order valence-corrected chi connectivity index (χ2v) is 6.88. The summed E-state index contributed by atoms with van der Waals surface area (Å²) in [6.45, 7) is 0. The number of hydrogen-bond acceptors (Lipinski definition) is 6. The van der Waals surface area contributed by atoms with E-state index in [1.54, 1.807) is 0 Å². The number of nitrogens with one attached hydrogen (secondary N) is 2. The molecule has 26 heavy (non-hydrogen) atoms. The van der Waals surface area contributed by atoms with Crippen LogP contribution in [0.15, 0.2) is 64.2 Å². The van der Waals surface area contributed by atoms with E-state index < -0.39 is 11.8 Å². The lowest BCUT2D eigenvalue weighted by atomic mass is 10.2. The van der Waals surface area contributed by atoms with Gasteiger partial charge in [-0.3, -0.25) is 14.9 Å². The van der Waals surface area contributed by atoms with Gasteiger partial charge in [0.2, 0.25) is 5.13 Å². The molecule has 0 unspecified atom stereocenters. The van der Waals surface area contributed by atoms with Gasteiger partial charge < -0.3 is 0 Å². The third kappa shape index (κ3) is 4.80. The highest BCUT2D eigenvalue weighted by atomic mass is 79.9. The number of carbonyl (C=O) groups is 2. The summed E-state index contributed by atoms with van der Waals surface area (Å²) >= 11 is 4.51. The van der Waals surface area contributed by atoms with Gasteiger partial charge in [-0.2, -0.15) is 5.10 Å². The maximum atomic E-state index is 11.9. The second-order valence-electron chi connectivity index (χ2n) is 4.99. The molecule has 2 aromatic carbocycles. The van der Waals surface area contributed by atoms with Crippen LogP contribution in [-0.4, -0.2) is 28.2 Å². The third-order valence-electron chi connectivity index (χ3n) is 3.10. The minimum atomic E-state index is -0.896. The van der Waals surface area contributed by atoms with Gasteiger partial charge in [0.25, 0.3) is 0 Å². The fourth-order valence-corrected chi connectivity index (χ4v) is 3.09. The minimum absolute atomic E-state index is 0.236. The Balaban J connectivity index is 1.56. The van der Waals surface area contributed by atoms with Crippen LogP contribution in [0, 0.1) is 0 Å². The lowest BCUT2D eigenvalue weighted by molar-refractivity contribution is -0.136. The van der Waals surface area contributed by atoms with Gasteiger partial charge in [-0.05, 0) is 17.7 Å². The minimum Gasteiger partial charge on any atom is -0.292 e. The van der Waals surface area contributed by atoms with Crippen LogP contribution < -0.4 is 10.7 Å². The molecule has 9 heteroatoms. The van der Waals surface area contributed by atoms with Crippen molar-refractivity contribution >= 4 is 50.4 Å². The molecule has 2 amide bonds. The average molecular weight is 430 g/mol. The van der Waals surface area contributed by atoms with E-state index in [-0.39, 0.29) is 5.13 Å². The van der Waals surface area contributed by atoms with E-state index in [0.29, 0.717) is 5.01 Å². The molecule has 0 fully saturated rings. The fraction of sp³-hybridized carbons (Fsp3) is 0. The van der Waals surface area contributed by atoms with Crippen LogP contribution in [0.5, 0.6) is 0 Å². The Labute approximate surface area is 161 Å². The van der Waals surface area contributed by atoms with Gasteiger partial charge in [-0.25, -0.2) is 5.43 Å². The van der Waals surface area contributed by atoms with Crippen molar-refractivity contribution in [3.05, 3.63) is 64.6 Å². The number of hydrogen-bond donors (Lipinski definition) is 2. The summed E-state index contributed by atoms with van der Waals surface area (Å²) in [6.07, 6.45) is 1.44. The van der Waals surface area contributed by atoms with Crippen LogP contribution in [0.3, 0.4) is 0 Å². The number of halogens is 1. The second kappa shape index (κ2) is 8.45. The first-order chi connectivity index (χ1) is 12.6. The number of anilines is 1. The highest BCUT2D eigenvalue weighted by Crippen LogP contribution is 2.25. The van der Waals surface area contributed by atoms with E-state index >= 15 is 0 Å². The molecule has 0 saturated carbocycles. The Morgan fingerprint density at radius 3 is 2.62 bits per heavy atom. The van der Waals surface area contributed by atoms with Crippen molar-refractivity contribution < 1.29 is 9.59 Å². The number of aromatic nitrogens is 2. The summed E-state index contributed by atoms with van der Waals surface area (Å²) in [6, 6.07) is 16.8. The standard InChI is InChI=1S/C17H12BrN5O2S/c18-13-8-4-5-11(9-13)10-19-21-15(25)14(24)20-17-23-22-16(26-17)12-6-2-1-3-7-12/h1-10H,(H,21,25)(H,20,23,24). The number of hydrazone groups is 1. The number of carbonyl (C=O) groups excluding carboxylic acids is 2. The van der Waals surface area contributed by atoms with E-state index in [2.05, 4.69) is 42.0 Å². The molecule has 0 aliphatic heterocycles. The van der Waals surface area contributed by atoms with Crippen molar-refractivity contribution in [1.82, 2.24) is 15.6 Å². The molecule has 1 heterocycles. The average Bonchev–Trinajstić information content (AvgIpc) is 3.11. The Morgan fingerprint density at radius 1 is 1.04 bits per heavy atom. The first-order valence-corrected chi connectivity index (χ1v) is 9.01. The van der Waals surface area contributed by atoms with Gasteiger partial charge in [0.15, 0.2) is 0 Å². The van der Waals surface area contributed by atoms with Gasteiger partial charge in [0.1, 0.15) is 5.01 Å². The van der Waals surface area contributed by atoms with E-state index in [4.69, 9.17) is 0 Å². The fourth-order valence-electron chi connectivity index (χ4n) is 1.93. The number of amides is 2. The molecular formula is C17H12BrN5O2S. The molecule has 0 spiro atoms. The van der Waals surface area contributed by atoms with Crippen molar-refractivity contribution in [1.29, 1.82) is 0 Å². The van der Waals surface area contributed by atoms with Gasteiger partial charge in [0.05, 0.1) is 6.21 Å². The van der Waals surface area contributed by atoms with Crippen LogP contribution in [0.2, 0.25) is 0 Å². The maximum absolute atomic E-state index is 11.9. The van der Waals surface area contributed by atoms with Crippen molar-refractivity contribution in [2.45, 2.75) is 0 Å². The lowest BCUT2D eigenvalue weighted by Gasteiger charge is -1.99. The Morgan fingerprint density at radius 2 is 1.85 bits per heavy atom. The monoisotopic (exact) mass is 429 g/mol. The van der Waals surface area contributed by atoms with Crippen LogP contribution >= 0.6 is 27.3 Å². The summed E-state index contributed by atoms with van der Waals surface area (Å²) in [5.41, 5.74) is 3.83. The zero-order chi connectivity index (χ0) is 18.4.